The number of pyridine rings is 1. The summed E-state index contributed by atoms with van der Waals surface area (Å²) in [7, 11) is 0. The summed E-state index contributed by atoms with van der Waals surface area (Å²) >= 11 is 6.29. The van der Waals surface area contributed by atoms with Gasteiger partial charge in [0.15, 0.2) is 0 Å². The number of hydrogen-bond acceptors (Lipinski definition) is 3. The first kappa shape index (κ1) is 11.9. The highest BCUT2D eigenvalue weighted by Gasteiger charge is 2.28. The first-order valence-electron chi connectivity index (χ1n) is 6.70. The van der Waals surface area contributed by atoms with Crippen LogP contribution in [0.3, 0.4) is 0 Å². The van der Waals surface area contributed by atoms with Gasteiger partial charge in [0, 0.05) is 23.9 Å². The fraction of sp³-hybridized carbons (Fsp3) is 0.267. The van der Waals surface area contributed by atoms with Crippen LogP contribution in [0.5, 0.6) is 0 Å². The largest absolute Gasteiger partial charge is 0.298 e. The van der Waals surface area contributed by atoms with Gasteiger partial charge in [0.05, 0.1) is 11.4 Å². The second-order valence-corrected chi connectivity index (χ2v) is 5.54. The Bertz CT molecular complexity index is 805. The van der Waals surface area contributed by atoms with E-state index in [4.69, 9.17) is 16.6 Å². The molecule has 0 N–H and O–H groups in total. The first-order chi connectivity index (χ1) is 9.74. The van der Waals surface area contributed by atoms with Gasteiger partial charge in [0.2, 0.25) is 0 Å². The molecule has 0 radical (unpaired) electrons. The molecule has 4 nitrogen and oxygen atoms in total. The van der Waals surface area contributed by atoms with Crippen LogP contribution in [-0.2, 0) is 0 Å². The average Bonchev–Trinajstić information content (AvgIpc) is 3.19. The van der Waals surface area contributed by atoms with Gasteiger partial charge in [0.25, 0.3) is 0 Å². The van der Waals surface area contributed by atoms with E-state index in [0.717, 1.165) is 41.3 Å². The fourth-order valence-corrected chi connectivity index (χ4v) is 2.60. The third-order valence-electron chi connectivity index (χ3n) is 3.72. The standard InChI is InChI=1S/C15H13ClN4/c1-9-13(18-15(10-5-6-10)19-14(9)16)11-3-2-4-12-17-7-8-20(11)12/h2-4,7-8,10H,5-6H2,1H3. The van der Waals surface area contributed by atoms with E-state index in [9.17, 15) is 0 Å². The Hall–Kier alpha value is -1.94. The van der Waals surface area contributed by atoms with Crippen molar-refractivity contribution in [2.75, 3.05) is 0 Å². The summed E-state index contributed by atoms with van der Waals surface area (Å²) in [5.41, 5.74) is 3.72. The third-order valence-corrected chi connectivity index (χ3v) is 4.09. The van der Waals surface area contributed by atoms with Gasteiger partial charge < -0.3 is 0 Å². The van der Waals surface area contributed by atoms with Crippen LogP contribution in [0, 0.1) is 6.92 Å². The van der Waals surface area contributed by atoms with Crippen LogP contribution in [0.2, 0.25) is 5.15 Å². The van der Waals surface area contributed by atoms with Gasteiger partial charge in [0.1, 0.15) is 16.6 Å². The van der Waals surface area contributed by atoms with Crippen molar-refractivity contribution < 1.29 is 0 Å². The maximum Gasteiger partial charge on any atom is 0.137 e. The molecule has 1 aliphatic rings. The lowest BCUT2D eigenvalue weighted by Gasteiger charge is -2.11. The van der Waals surface area contributed by atoms with Gasteiger partial charge in [-0.25, -0.2) is 15.0 Å². The Balaban J connectivity index is 1.99. The number of fused-ring (bicyclic) bond motifs is 1. The lowest BCUT2D eigenvalue weighted by molar-refractivity contribution is 0.917. The highest BCUT2D eigenvalue weighted by molar-refractivity contribution is 6.30. The molecular formula is C15H13ClN4. The minimum absolute atomic E-state index is 0.480. The van der Waals surface area contributed by atoms with Gasteiger partial charge >= 0.3 is 0 Å². The predicted octanol–water partition coefficient (Wildman–Crippen LogP) is 3.63. The maximum atomic E-state index is 6.29. The average molecular weight is 285 g/mol. The topological polar surface area (TPSA) is 43.1 Å². The zero-order chi connectivity index (χ0) is 13.7. The van der Waals surface area contributed by atoms with Crippen molar-refractivity contribution in [2.24, 2.45) is 0 Å². The van der Waals surface area contributed by atoms with E-state index in [0.29, 0.717) is 11.1 Å². The smallest absolute Gasteiger partial charge is 0.137 e. The highest BCUT2D eigenvalue weighted by Crippen LogP contribution is 2.40. The molecule has 1 fully saturated rings. The van der Waals surface area contributed by atoms with Crippen molar-refractivity contribution in [2.45, 2.75) is 25.7 Å². The third kappa shape index (κ3) is 1.79. The maximum absolute atomic E-state index is 6.29. The van der Waals surface area contributed by atoms with Crippen molar-refractivity contribution in [1.82, 2.24) is 19.4 Å². The zero-order valence-electron chi connectivity index (χ0n) is 11.0. The Kier molecular flexibility index (Phi) is 2.54. The van der Waals surface area contributed by atoms with Gasteiger partial charge in [-0.2, -0.15) is 0 Å². The van der Waals surface area contributed by atoms with Crippen molar-refractivity contribution in [1.29, 1.82) is 0 Å². The van der Waals surface area contributed by atoms with Gasteiger partial charge in [-0.3, -0.25) is 4.40 Å². The SMILES string of the molecule is Cc1c(Cl)nc(C2CC2)nc1-c1cccc2nccn12. The van der Waals surface area contributed by atoms with Crippen LogP contribution in [0.25, 0.3) is 17.0 Å². The molecule has 1 aliphatic carbocycles. The molecule has 5 heteroatoms. The highest BCUT2D eigenvalue weighted by atomic mass is 35.5. The van der Waals surface area contributed by atoms with Crippen LogP contribution in [0.15, 0.2) is 30.6 Å². The zero-order valence-corrected chi connectivity index (χ0v) is 11.8. The Morgan fingerprint density at radius 2 is 2.10 bits per heavy atom. The molecule has 3 aromatic heterocycles. The van der Waals surface area contributed by atoms with E-state index in [1.54, 1.807) is 6.20 Å². The predicted molar refractivity (Wildman–Crippen MR) is 77.9 cm³/mol. The molecule has 0 atom stereocenters. The summed E-state index contributed by atoms with van der Waals surface area (Å²) in [4.78, 5) is 13.5. The molecule has 0 aromatic carbocycles. The van der Waals surface area contributed by atoms with Crippen LogP contribution in [-0.4, -0.2) is 19.4 Å². The summed E-state index contributed by atoms with van der Waals surface area (Å²) in [6.07, 6.45) is 6.05. The molecule has 1 saturated carbocycles. The minimum atomic E-state index is 0.480. The number of rotatable bonds is 2. The fourth-order valence-electron chi connectivity index (χ4n) is 2.42. The number of hydrogen-bond donors (Lipinski definition) is 0. The molecule has 0 aliphatic heterocycles. The number of nitrogens with zero attached hydrogens (tertiary/aromatic N) is 4. The Morgan fingerprint density at radius 1 is 1.25 bits per heavy atom. The molecular weight excluding hydrogens is 272 g/mol. The summed E-state index contributed by atoms with van der Waals surface area (Å²) in [6, 6.07) is 6.00. The molecule has 20 heavy (non-hydrogen) atoms. The van der Waals surface area contributed by atoms with Gasteiger partial charge in [-0.15, -0.1) is 0 Å². The lowest BCUT2D eigenvalue weighted by Crippen LogP contribution is -2.02. The molecule has 3 heterocycles. The van der Waals surface area contributed by atoms with Gasteiger partial charge in [-0.05, 0) is 31.9 Å². The molecule has 4 rings (SSSR count). The quantitative estimate of drug-likeness (QED) is 0.675. The van der Waals surface area contributed by atoms with Crippen molar-refractivity contribution >= 4 is 17.2 Å². The van der Waals surface area contributed by atoms with Gasteiger partial charge in [-0.1, -0.05) is 17.7 Å². The molecule has 0 saturated heterocycles. The van der Waals surface area contributed by atoms with Crippen molar-refractivity contribution in [3.05, 3.63) is 47.1 Å². The van der Waals surface area contributed by atoms with E-state index in [1.807, 2.05) is 35.7 Å². The van der Waals surface area contributed by atoms with E-state index < -0.39 is 0 Å². The van der Waals surface area contributed by atoms with Crippen molar-refractivity contribution in [3.8, 4) is 11.4 Å². The molecule has 100 valence electrons. The first-order valence-corrected chi connectivity index (χ1v) is 7.08. The molecule has 3 aromatic rings. The normalized spacial score (nSPS) is 14.9. The monoisotopic (exact) mass is 284 g/mol. The molecule has 0 bridgehead atoms. The molecule has 0 amide bonds. The number of aromatic nitrogens is 4. The summed E-state index contributed by atoms with van der Waals surface area (Å²) in [6.45, 7) is 1.96. The van der Waals surface area contributed by atoms with E-state index in [-0.39, 0.29) is 0 Å². The summed E-state index contributed by atoms with van der Waals surface area (Å²) < 4.78 is 2.03. The summed E-state index contributed by atoms with van der Waals surface area (Å²) in [5, 5.41) is 0.550. The minimum Gasteiger partial charge on any atom is -0.298 e. The van der Waals surface area contributed by atoms with Crippen LogP contribution in [0.1, 0.15) is 30.1 Å². The molecule has 0 unspecified atom stereocenters. The summed E-state index contributed by atoms with van der Waals surface area (Å²) in [5.74, 6) is 1.35. The van der Waals surface area contributed by atoms with E-state index in [2.05, 4.69) is 9.97 Å². The lowest BCUT2D eigenvalue weighted by atomic mass is 10.1. The Morgan fingerprint density at radius 3 is 2.90 bits per heavy atom. The van der Waals surface area contributed by atoms with Crippen LogP contribution < -0.4 is 0 Å². The van der Waals surface area contributed by atoms with E-state index >= 15 is 0 Å². The van der Waals surface area contributed by atoms with Crippen LogP contribution >= 0.6 is 11.6 Å². The molecule has 0 spiro atoms. The number of halogens is 1. The Labute approximate surface area is 121 Å². The van der Waals surface area contributed by atoms with E-state index in [1.165, 1.54) is 0 Å². The van der Waals surface area contributed by atoms with Crippen molar-refractivity contribution in [3.63, 3.8) is 0 Å². The number of imidazole rings is 1. The van der Waals surface area contributed by atoms with Crippen LogP contribution in [0.4, 0.5) is 0 Å². The second kappa shape index (κ2) is 4.28. The second-order valence-electron chi connectivity index (χ2n) is 5.19.